The Bertz CT molecular complexity index is 525. The van der Waals surface area contributed by atoms with E-state index in [0.717, 1.165) is 6.26 Å². The molecule has 0 atom stereocenters. The molecule has 0 N–H and O–H groups in total. The summed E-state index contributed by atoms with van der Waals surface area (Å²) in [6, 6.07) is 0. The van der Waals surface area contributed by atoms with Gasteiger partial charge in [-0.25, -0.2) is 8.42 Å². The first-order valence-corrected chi connectivity index (χ1v) is 9.06. The molecule has 2 rings (SSSR count). The van der Waals surface area contributed by atoms with Crippen LogP contribution < -0.4 is 0 Å². The van der Waals surface area contributed by atoms with Gasteiger partial charge in [-0.1, -0.05) is 0 Å². The highest BCUT2D eigenvalue weighted by Gasteiger charge is 2.67. The van der Waals surface area contributed by atoms with Crippen molar-refractivity contribution in [3.63, 3.8) is 0 Å². The molecule has 0 saturated heterocycles. The lowest BCUT2D eigenvalue weighted by molar-refractivity contribution is 0.190. The van der Waals surface area contributed by atoms with Gasteiger partial charge >= 0.3 is 0 Å². The minimum absolute atomic E-state index is 0.177. The maximum absolute atomic E-state index is 12.6. The zero-order valence-electron chi connectivity index (χ0n) is 10.5. The molecule has 2 fully saturated rings. The third-order valence-corrected chi connectivity index (χ3v) is 7.58. The molecule has 0 unspecified atom stereocenters. The van der Waals surface area contributed by atoms with Crippen LogP contribution in [0.1, 0.15) is 25.7 Å². The van der Waals surface area contributed by atoms with E-state index in [4.69, 9.17) is 8.92 Å². The van der Waals surface area contributed by atoms with E-state index in [1.54, 1.807) is 0 Å². The van der Waals surface area contributed by atoms with Crippen molar-refractivity contribution in [1.29, 1.82) is 0 Å². The summed E-state index contributed by atoms with van der Waals surface area (Å²) in [6.45, 7) is -0.0877. The van der Waals surface area contributed by atoms with Gasteiger partial charge in [-0.2, -0.15) is 8.42 Å². The second kappa shape index (κ2) is 4.16. The van der Waals surface area contributed by atoms with Gasteiger partial charge in [-0.15, -0.1) is 0 Å². The van der Waals surface area contributed by atoms with Crippen LogP contribution in [0.25, 0.3) is 0 Å². The molecule has 0 aromatic heterocycles. The Hall–Kier alpha value is -0.180. The largest absolute Gasteiger partial charge is 0.383 e. The molecule has 2 aliphatic rings. The van der Waals surface area contributed by atoms with E-state index in [9.17, 15) is 16.8 Å². The van der Waals surface area contributed by atoms with Crippen LogP contribution in [0.15, 0.2) is 0 Å². The zero-order chi connectivity index (χ0) is 13.7. The molecule has 2 aliphatic carbocycles. The molecule has 2 saturated carbocycles. The minimum Gasteiger partial charge on any atom is -0.383 e. The third kappa shape index (κ3) is 2.31. The Morgan fingerprint density at radius 2 is 1.39 bits per heavy atom. The predicted octanol–water partition coefficient (Wildman–Crippen LogP) is 0.0890. The average Bonchev–Trinajstić information content (AvgIpc) is 3.10. The predicted molar refractivity (Wildman–Crippen MR) is 65.5 cm³/mol. The number of hydrogen-bond acceptors (Lipinski definition) is 6. The van der Waals surface area contributed by atoms with Gasteiger partial charge in [0.15, 0.2) is 9.84 Å². The van der Waals surface area contributed by atoms with Crippen molar-refractivity contribution in [2.45, 2.75) is 35.2 Å². The summed E-state index contributed by atoms with van der Waals surface area (Å²) in [7, 11) is -5.55. The van der Waals surface area contributed by atoms with Crippen LogP contribution in [0, 0.1) is 0 Å². The summed E-state index contributed by atoms with van der Waals surface area (Å²) in [6.07, 6.45) is 3.04. The molecule has 0 aromatic rings. The van der Waals surface area contributed by atoms with Crippen LogP contribution in [-0.4, -0.2) is 52.9 Å². The van der Waals surface area contributed by atoms with E-state index in [2.05, 4.69) is 0 Å². The molecule has 0 spiro atoms. The molecular formula is C10H18O6S2. The molecule has 0 amide bonds. The van der Waals surface area contributed by atoms with Crippen molar-refractivity contribution < 1.29 is 25.8 Å². The first kappa shape index (κ1) is 14.2. The van der Waals surface area contributed by atoms with Gasteiger partial charge in [-0.05, 0) is 25.7 Å². The van der Waals surface area contributed by atoms with Crippen LogP contribution in [0.2, 0.25) is 0 Å². The number of rotatable bonds is 7. The quantitative estimate of drug-likeness (QED) is 0.619. The molecule has 0 radical (unpaired) electrons. The van der Waals surface area contributed by atoms with Crippen LogP contribution in [0.3, 0.4) is 0 Å². The van der Waals surface area contributed by atoms with E-state index in [1.165, 1.54) is 7.11 Å². The van der Waals surface area contributed by atoms with Gasteiger partial charge in [0.1, 0.15) is 0 Å². The summed E-state index contributed by atoms with van der Waals surface area (Å²) >= 11 is 0. The highest BCUT2D eigenvalue weighted by Crippen LogP contribution is 2.56. The van der Waals surface area contributed by atoms with Crippen LogP contribution in [0.4, 0.5) is 0 Å². The second-order valence-corrected chi connectivity index (χ2v) is 9.65. The lowest BCUT2D eigenvalue weighted by atomic mass is 10.4. The molecule has 0 bridgehead atoms. The topological polar surface area (TPSA) is 86.7 Å². The smallest absolute Gasteiger partial charge is 0.264 e. The van der Waals surface area contributed by atoms with Crippen molar-refractivity contribution >= 4 is 20.0 Å². The van der Waals surface area contributed by atoms with E-state index in [1.807, 2.05) is 0 Å². The first-order chi connectivity index (χ1) is 8.18. The van der Waals surface area contributed by atoms with Gasteiger partial charge < -0.3 is 4.74 Å². The first-order valence-electron chi connectivity index (χ1n) is 5.76. The van der Waals surface area contributed by atoms with Gasteiger partial charge in [0.2, 0.25) is 0 Å². The molecule has 6 nitrogen and oxygen atoms in total. The Balaban J connectivity index is 2.15. The number of sulfone groups is 1. The van der Waals surface area contributed by atoms with E-state index >= 15 is 0 Å². The highest BCUT2D eigenvalue weighted by atomic mass is 32.2. The molecule has 8 heteroatoms. The fourth-order valence-corrected chi connectivity index (χ4v) is 5.40. The van der Waals surface area contributed by atoms with Crippen LogP contribution >= 0.6 is 0 Å². The van der Waals surface area contributed by atoms with Crippen molar-refractivity contribution in [2.75, 3.05) is 26.6 Å². The fourth-order valence-electron chi connectivity index (χ4n) is 2.20. The molecule has 18 heavy (non-hydrogen) atoms. The van der Waals surface area contributed by atoms with Crippen molar-refractivity contribution in [3.05, 3.63) is 0 Å². The summed E-state index contributed by atoms with van der Waals surface area (Å²) in [5, 5.41) is 0. The zero-order valence-corrected chi connectivity index (χ0v) is 12.1. The second-order valence-electron chi connectivity index (χ2n) is 5.27. The highest BCUT2D eigenvalue weighted by molar-refractivity contribution is 7.94. The fraction of sp³-hybridized carbons (Fsp3) is 1.00. The SMILES string of the molecule is COCC1(S(=O)(=O)C2(COS(C)(=O)=O)CC2)CC1. The Kier molecular flexibility index (Phi) is 3.29. The molecular weight excluding hydrogens is 280 g/mol. The van der Waals surface area contributed by atoms with Crippen molar-refractivity contribution in [3.8, 4) is 0 Å². The third-order valence-electron chi connectivity index (χ3n) is 3.70. The minimum atomic E-state index is -3.61. The monoisotopic (exact) mass is 298 g/mol. The summed E-state index contributed by atoms with van der Waals surface area (Å²) in [5.41, 5.74) is 0. The Morgan fingerprint density at radius 1 is 0.944 bits per heavy atom. The maximum atomic E-state index is 12.6. The number of ether oxygens (including phenoxy) is 1. The van der Waals surface area contributed by atoms with Gasteiger partial charge in [-0.3, -0.25) is 4.18 Å². The molecule has 106 valence electrons. The summed E-state index contributed by atoms with van der Waals surface area (Å²) in [5.74, 6) is 0. The standard InChI is InChI=1S/C10H18O6S2/c1-15-7-9(3-4-9)18(13,14)10(5-6-10)8-16-17(2,11)12/h3-8H2,1-2H3. The normalized spacial score (nSPS) is 24.8. The lowest BCUT2D eigenvalue weighted by Gasteiger charge is -2.22. The van der Waals surface area contributed by atoms with Crippen molar-refractivity contribution in [2.24, 2.45) is 0 Å². The average molecular weight is 298 g/mol. The van der Waals surface area contributed by atoms with E-state index < -0.39 is 29.4 Å². The summed E-state index contributed by atoms with van der Waals surface area (Å²) < 4.78 is 54.9. The van der Waals surface area contributed by atoms with Gasteiger partial charge in [0.05, 0.1) is 29.0 Å². The van der Waals surface area contributed by atoms with Gasteiger partial charge in [0, 0.05) is 7.11 Å². The molecule has 0 heterocycles. The van der Waals surface area contributed by atoms with Crippen LogP contribution in [-0.2, 0) is 28.9 Å². The summed E-state index contributed by atoms with van der Waals surface area (Å²) in [4.78, 5) is 0. The van der Waals surface area contributed by atoms with Gasteiger partial charge in [0.25, 0.3) is 10.1 Å². The van der Waals surface area contributed by atoms with Crippen LogP contribution in [0.5, 0.6) is 0 Å². The van der Waals surface area contributed by atoms with E-state index in [-0.39, 0.29) is 13.2 Å². The number of methoxy groups -OCH3 is 1. The molecule has 0 aromatic carbocycles. The molecule has 0 aliphatic heterocycles. The Labute approximate surface area is 108 Å². The maximum Gasteiger partial charge on any atom is 0.264 e. The Morgan fingerprint density at radius 3 is 1.72 bits per heavy atom. The lowest BCUT2D eigenvalue weighted by Crippen LogP contribution is -2.41. The van der Waals surface area contributed by atoms with Crippen molar-refractivity contribution in [1.82, 2.24) is 0 Å². The number of hydrogen-bond donors (Lipinski definition) is 0. The van der Waals surface area contributed by atoms with E-state index in [0.29, 0.717) is 25.7 Å².